The molecule has 146 valence electrons. The van der Waals surface area contributed by atoms with Crippen molar-refractivity contribution in [2.75, 3.05) is 38.6 Å². The SMILES string of the molecule is CN(C)CCCN(C(=O)CN1C(=O)CCC1=O)c1nc2ccccc2s1.Cl. The van der Waals surface area contributed by atoms with E-state index < -0.39 is 0 Å². The Labute approximate surface area is 168 Å². The molecule has 1 aromatic heterocycles. The summed E-state index contributed by atoms with van der Waals surface area (Å²) in [6.45, 7) is 1.11. The zero-order chi connectivity index (χ0) is 18.7. The van der Waals surface area contributed by atoms with Gasteiger partial charge in [0.05, 0.1) is 10.2 Å². The maximum atomic E-state index is 12.9. The third kappa shape index (κ3) is 5.03. The van der Waals surface area contributed by atoms with Gasteiger partial charge >= 0.3 is 0 Å². The Morgan fingerprint density at radius 1 is 1.15 bits per heavy atom. The second-order valence-corrected chi connectivity index (χ2v) is 7.55. The number of benzene rings is 1. The van der Waals surface area contributed by atoms with Crippen molar-refractivity contribution in [3.63, 3.8) is 0 Å². The topological polar surface area (TPSA) is 73.8 Å². The van der Waals surface area contributed by atoms with Crippen molar-refractivity contribution in [3.8, 4) is 0 Å². The fourth-order valence-electron chi connectivity index (χ4n) is 2.87. The highest BCUT2D eigenvalue weighted by atomic mass is 35.5. The van der Waals surface area contributed by atoms with Crippen molar-refractivity contribution in [1.82, 2.24) is 14.8 Å². The average Bonchev–Trinajstić information content (AvgIpc) is 3.16. The van der Waals surface area contributed by atoms with Gasteiger partial charge in [0.25, 0.3) is 0 Å². The van der Waals surface area contributed by atoms with Crippen LogP contribution in [0, 0.1) is 0 Å². The molecule has 2 aromatic rings. The molecule has 7 nitrogen and oxygen atoms in total. The Kier molecular flexibility index (Phi) is 7.29. The Morgan fingerprint density at radius 3 is 2.44 bits per heavy atom. The maximum absolute atomic E-state index is 12.9. The molecule has 0 N–H and O–H groups in total. The van der Waals surface area contributed by atoms with E-state index in [0.29, 0.717) is 11.7 Å². The summed E-state index contributed by atoms with van der Waals surface area (Å²) < 4.78 is 1.00. The minimum Gasteiger partial charge on any atom is -0.309 e. The first kappa shape index (κ1) is 21.3. The molecule has 1 aromatic carbocycles. The number of likely N-dealkylation sites (tertiary alicyclic amines) is 1. The molecule has 0 bridgehead atoms. The Morgan fingerprint density at radius 2 is 1.81 bits per heavy atom. The van der Waals surface area contributed by atoms with Crippen LogP contribution in [0.5, 0.6) is 0 Å². The molecular formula is C18H23ClN4O3S. The highest BCUT2D eigenvalue weighted by molar-refractivity contribution is 7.22. The molecule has 1 saturated heterocycles. The zero-order valence-electron chi connectivity index (χ0n) is 15.4. The molecular weight excluding hydrogens is 388 g/mol. The van der Waals surface area contributed by atoms with Gasteiger partial charge in [-0.2, -0.15) is 0 Å². The summed E-state index contributed by atoms with van der Waals surface area (Å²) in [5.41, 5.74) is 0.839. The molecule has 0 unspecified atom stereocenters. The Balaban J connectivity index is 0.00000261. The molecule has 0 atom stereocenters. The lowest BCUT2D eigenvalue weighted by Crippen LogP contribution is -2.43. The summed E-state index contributed by atoms with van der Waals surface area (Å²) in [7, 11) is 3.96. The Hall–Kier alpha value is -2.03. The number of carbonyl (C=O) groups is 3. The van der Waals surface area contributed by atoms with Gasteiger partial charge in [-0.1, -0.05) is 23.5 Å². The molecule has 1 aliphatic heterocycles. The molecule has 3 amide bonds. The van der Waals surface area contributed by atoms with Crippen LogP contribution in [0.4, 0.5) is 5.13 Å². The molecule has 1 fully saturated rings. The van der Waals surface area contributed by atoms with Gasteiger partial charge in [-0.15, -0.1) is 12.4 Å². The lowest BCUT2D eigenvalue weighted by Gasteiger charge is -2.23. The molecule has 1 aliphatic rings. The summed E-state index contributed by atoms with van der Waals surface area (Å²) >= 11 is 1.44. The number of amides is 3. The number of halogens is 1. The second-order valence-electron chi connectivity index (χ2n) is 6.54. The molecule has 0 spiro atoms. The fourth-order valence-corrected chi connectivity index (χ4v) is 3.88. The van der Waals surface area contributed by atoms with Gasteiger partial charge in [-0.3, -0.25) is 24.2 Å². The quantitative estimate of drug-likeness (QED) is 0.654. The predicted octanol–water partition coefficient (Wildman–Crippen LogP) is 2.15. The van der Waals surface area contributed by atoms with Gasteiger partial charge in [0, 0.05) is 19.4 Å². The van der Waals surface area contributed by atoms with E-state index in [1.165, 1.54) is 11.3 Å². The van der Waals surface area contributed by atoms with Gasteiger partial charge in [-0.25, -0.2) is 4.98 Å². The lowest BCUT2D eigenvalue weighted by atomic mass is 10.3. The first-order chi connectivity index (χ1) is 12.5. The Bertz CT molecular complexity index is 790. The van der Waals surface area contributed by atoms with E-state index in [4.69, 9.17) is 0 Å². The van der Waals surface area contributed by atoms with Crippen LogP contribution in [-0.2, 0) is 14.4 Å². The van der Waals surface area contributed by atoms with E-state index >= 15 is 0 Å². The van der Waals surface area contributed by atoms with Crippen LogP contribution < -0.4 is 4.90 Å². The number of para-hydroxylation sites is 1. The fraction of sp³-hybridized carbons (Fsp3) is 0.444. The molecule has 2 heterocycles. The van der Waals surface area contributed by atoms with E-state index in [1.54, 1.807) is 4.90 Å². The van der Waals surface area contributed by atoms with E-state index in [9.17, 15) is 14.4 Å². The van der Waals surface area contributed by atoms with Crippen molar-refractivity contribution in [2.45, 2.75) is 19.3 Å². The molecule has 9 heteroatoms. The van der Waals surface area contributed by atoms with Crippen molar-refractivity contribution in [3.05, 3.63) is 24.3 Å². The highest BCUT2D eigenvalue weighted by Crippen LogP contribution is 2.29. The first-order valence-electron chi connectivity index (χ1n) is 8.59. The minimum atomic E-state index is -0.277. The van der Waals surface area contributed by atoms with Gasteiger partial charge in [0.15, 0.2) is 5.13 Å². The van der Waals surface area contributed by atoms with Crippen LogP contribution in [0.25, 0.3) is 10.2 Å². The summed E-state index contributed by atoms with van der Waals surface area (Å²) in [4.78, 5) is 45.8. The van der Waals surface area contributed by atoms with Crippen LogP contribution in [0.1, 0.15) is 19.3 Å². The number of anilines is 1. The predicted molar refractivity (Wildman–Crippen MR) is 108 cm³/mol. The standard InChI is InChI=1S/C18H22N4O3S.ClH/c1-20(2)10-5-11-21(17(25)12-22-15(23)8-9-16(22)24)18-19-13-6-3-4-7-14(13)26-18;/h3-4,6-7H,5,8-12H2,1-2H3;1H. The summed E-state index contributed by atoms with van der Waals surface area (Å²) in [5, 5.41) is 0.606. The third-order valence-electron chi connectivity index (χ3n) is 4.25. The van der Waals surface area contributed by atoms with Crippen LogP contribution in [0.3, 0.4) is 0 Å². The average molecular weight is 411 g/mol. The third-order valence-corrected chi connectivity index (χ3v) is 5.31. The van der Waals surface area contributed by atoms with Crippen molar-refractivity contribution in [2.24, 2.45) is 0 Å². The number of hydrogen-bond donors (Lipinski definition) is 0. The number of imide groups is 1. The smallest absolute Gasteiger partial charge is 0.248 e. The number of thiazole rings is 1. The molecule has 0 aliphatic carbocycles. The molecule has 27 heavy (non-hydrogen) atoms. The normalized spacial score (nSPS) is 14.1. The molecule has 3 rings (SSSR count). The number of rotatable bonds is 7. The number of hydrogen-bond acceptors (Lipinski definition) is 6. The van der Waals surface area contributed by atoms with Gasteiger partial charge < -0.3 is 4.90 Å². The summed E-state index contributed by atoms with van der Waals surface area (Å²) in [6.07, 6.45) is 1.15. The largest absolute Gasteiger partial charge is 0.309 e. The van der Waals surface area contributed by atoms with Crippen LogP contribution in [0.15, 0.2) is 24.3 Å². The van der Waals surface area contributed by atoms with Crippen molar-refractivity contribution >= 4 is 56.8 Å². The van der Waals surface area contributed by atoms with E-state index in [-0.39, 0.29) is 49.5 Å². The zero-order valence-corrected chi connectivity index (χ0v) is 17.0. The molecule has 0 radical (unpaired) electrons. The highest BCUT2D eigenvalue weighted by Gasteiger charge is 2.32. The number of fused-ring (bicyclic) bond motifs is 1. The van der Waals surface area contributed by atoms with Gasteiger partial charge in [0.2, 0.25) is 17.7 Å². The number of nitrogens with zero attached hydrogens (tertiary/aromatic N) is 4. The summed E-state index contributed by atoms with van der Waals surface area (Å²) in [5.74, 6) is -0.826. The van der Waals surface area contributed by atoms with Crippen LogP contribution in [-0.4, -0.2) is 66.2 Å². The number of carbonyl (C=O) groups excluding carboxylic acids is 3. The maximum Gasteiger partial charge on any atom is 0.248 e. The van der Waals surface area contributed by atoms with Crippen LogP contribution >= 0.6 is 23.7 Å². The summed E-state index contributed by atoms with van der Waals surface area (Å²) in [6, 6.07) is 7.72. The lowest BCUT2D eigenvalue weighted by molar-refractivity contribution is -0.141. The monoisotopic (exact) mass is 410 g/mol. The van der Waals surface area contributed by atoms with Gasteiger partial charge in [0.1, 0.15) is 6.54 Å². The minimum absolute atomic E-state index is 0. The van der Waals surface area contributed by atoms with Crippen molar-refractivity contribution in [1.29, 1.82) is 0 Å². The van der Waals surface area contributed by atoms with Crippen LogP contribution in [0.2, 0.25) is 0 Å². The number of aromatic nitrogens is 1. The second kappa shape index (κ2) is 9.25. The van der Waals surface area contributed by atoms with Crippen molar-refractivity contribution < 1.29 is 14.4 Å². The van der Waals surface area contributed by atoms with Gasteiger partial charge in [-0.05, 0) is 39.2 Å². The molecule has 0 saturated carbocycles. The van der Waals surface area contributed by atoms with E-state index in [2.05, 4.69) is 9.88 Å². The van der Waals surface area contributed by atoms with E-state index in [0.717, 1.165) is 28.1 Å². The van der Waals surface area contributed by atoms with E-state index in [1.807, 2.05) is 38.4 Å². The first-order valence-corrected chi connectivity index (χ1v) is 9.41.